The lowest BCUT2D eigenvalue weighted by atomic mass is 10.0. The molecule has 1 saturated carbocycles. The molecule has 186 valence electrons. The van der Waals surface area contributed by atoms with Crippen LogP contribution in [0.15, 0.2) is 59.4 Å². The molecule has 0 N–H and O–H groups in total. The Morgan fingerprint density at radius 2 is 1.83 bits per heavy atom. The molecule has 2 aromatic carbocycles. The highest BCUT2D eigenvalue weighted by Gasteiger charge is 2.29. The second kappa shape index (κ2) is 12.1. The van der Waals surface area contributed by atoms with E-state index >= 15 is 0 Å². The Morgan fingerprint density at radius 3 is 2.54 bits per heavy atom. The highest BCUT2D eigenvalue weighted by atomic mass is 16.5. The summed E-state index contributed by atoms with van der Waals surface area (Å²) in [5.41, 5.74) is 1.32. The van der Waals surface area contributed by atoms with Gasteiger partial charge in [-0.2, -0.15) is 0 Å². The van der Waals surface area contributed by atoms with Crippen LogP contribution in [0.5, 0.6) is 0 Å². The summed E-state index contributed by atoms with van der Waals surface area (Å²) in [5.74, 6) is 1.41. The predicted molar refractivity (Wildman–Crippen MR) is 140 cm³/mol. The number of aromatic nitrogens is 2. The number of benzene rings is 2. The summed E-state index contributed by atoms with van der Waals surface area (Å²) in [7, 11) is 1.68. The molecule has 35 heavy (non-hydrogen) atoms. The predicted octanol–water partition coefficient (Wildman–Crippen LogP) is 5.67. The van der Waals surface area contributed by atoms with Crippen LogP contribution in [0.2, 0.25) is 0 Å². The second-order valence-corrected chi connectivity index (χ2v) is 9.51. The lowest BCUT2D eigenvalue weighted by Gasteiger charge is -2.33. The van der Waals surface area contributed by atoms with Gasteiger partial charge in [0.2, 0.25) is 5.91 Å². The van der Waals surface area contributed by atoms with Gasteiger partial charge in [-0.15, -0.1) is 0 Å². The molecule has 1 unspecified atom stereocenters. The number of fused-ring (bicyclic) bond motifs is 1. The molecule has 0 radical (unpaired) electrons. The van der Waals surface area contributed by atoms with Crippen LogP contribution in [0.3, 0.4) is 0 Å². The van der Waals surface area contributed by atoms with Crippen molar-refractivity contribution in [3.05, 3.63) is 70.8 Å². The molecular weight excluding hydrogens is 438 g/mol. The molecule has 3 aromatic rings. The fourth-order valence-electron chi connectivity index (χ4n) is 5.35. The molecule has 6 nitrogen and oxygen atoms in total. The molecule has 1 fully saturated rings. The van der Waals surface area contributed by atoms with Crippen LogP contribution >= 0.6 is 0 Å². The van der Waals surface area contributed by atoms with Gasteiger partial charge in [-0.1, -0.05) is 62.9 Å². The fourth-order valence-corrected chi connectivity index (χ4v) is 5.35. The van der Waals surface area contributed by atoms with Crippen LogP contribution in [0.1, 0.15) is 70.2 Å². The third-order valence-electron chi connectivity index (χ3n) is 7.19. The minimum absolute atomic E-state index is 0.106. The first-order chi connectivity index (χ1) is 17.1. The van der Waals surface area contributed by atoms with Gasteiger partial charge >= 0.3 is 0 Å². The van der Waals surface area contributed by atoms with Crippen LogP contribution in [-0.2, 0) is 9.53 Å². The van der Waals surface area contributed by atoms with Gasteiger partial charge in [0.05, 0.1) is 22.6 Å². The van der Waals surface area contributed by atoms with Crippen molar-refractivity contribution in [2.24, 2.45) is 5.92 Å². The monoisotopic (exact) mass is 475 g/mol. The topological polar surface area (TPSA) is 64.4 Å². The Labute approximate surface area is 207 Å². The number of hydrogen-bond acceptors (Lipinski definition) is 4. The molecule has 0 bridgehead atoms. The van der Waals surface area contributed by atoms with Crippen molar-refractivity contribution < 1.29 is 9.53 Å². The Kier molecular flexibility index (Phi) is 8.69. The van der Waals surface area contributed by atoms with Crippen LogP contribution in [-0.4, -0.2) is 40.6 Å². The van der Waals surface area contributed by atoms with Crippen LogP contribution in [0, 0.1) is 5.92 Å². The smallest absolute Gasteiger partial charge is 0.266 e. The number of ether oxygens (including phenoxy) is 1. The number of carbonyl (C=O) groups excluding carboxylic acids is 1. The number of carbonyl (C=O) groups is 1. The van der Waals surface area contributed by atoms with E-state index in [0.717, 1.165) is 18.5 Å². The van der Waals surface area contributed by atoms with Gasteiger partial charge < -0.3 is 9.64 Å². The number of amides is 1. The first-order valence-electron chi connectivity index (χ1n) is 13.0. The zero-order chi connectivity index (χ0) is 24.6. The number of para-hydroxylation sites is 2. The first kappa shape index (κ1) is 25.1. The van der Waals surface area contributed by atoms with E-state index < -0.39 is 0 Å². The summed E-state index contributed by atoms with van der Waals surface area (Å²) in [5, 5.41) is 0.577. The number of rotatable bonds is 11. The molecular formula is C29H37N3O3. The van der Waals surface area contributed by atoms with Crippen molar-refractivity contribution in [1.82, 2.24) is 14.5 Å². The van der Waals surface area contributed by atoms with Crippen LogP contribution in [0.25, 0.3) is 16.6 Å². The lowest BCUT2D eigenvalue weighted by Crippen LogP contribution is -2.39. The van der Waals surface area contributed by atoms with E-state index in [9.17, 15) is 9.59 Å². The average molecular weight is 476 g/mol. The van der Waals surface area contributed by atoms with Gasteiger partial charge in [0.25, 0.3) is 5.56 Å². The van der Waals surface area contributed by atoms with Gasteiger partial charge in [0.15, 0.2) is 0 Å². The first-order valence-corrected chi connectivity index (χ1v) is 13.0. The van der Waals surface area contributed by atoms with Crippen molar-refractivity contribution in [3.8, 4) is 5.69 Å². The van der Waals surface area contributed by atoms with Gasteiger partial charge in [0, 0.05) is 26.7 Å². The van der Waals surface area contributed by atoms with Gasteiger partial charge in [-0.05, 0) is 49.4 Å². The third-order valence-corrected chi connectivity index (χ3v) is 7.19. The van der Waals surface area contributed by atoms with Crippen LogP contribution in [0.4, 0.5) is 0 Å². The number of nitrogens with zero attached hydrogens (tertiary/aromatic N) is 3. The van der Waals surface area contributed by atoms with Gasteiger partial charge in [0.1, 0.15) is 5.82 Å². The number of hydrogen-bond donors (Lipinski definition) is 0. The van der Waals surface area contributed by atoms with E-state index in [1.54, 1.807) is 11.7 Å². The van der Waals surface area contributed by atoms with E-state index in [0.29, 0.717) is 48.6 Å². The summed E-state index contributed by atoms with van der Waals surface area (Å²) in [6.07, 6.45) is 7.90. The van der Waals surface area contributed by atoms with E-state index in [1.807, 2.05) is 59.5 Å². The Morgan fingerprint density at radius 1 is 1.11 bits per heavy atom. The molecule has 1 aliphatic rings. The van der Waals surface area contributed by atoms with E-state index in [-0.39, 0.29) is 17.5 Å². The zero-order valence-corrected chi connectivity index (χ0v) is 21.0. The molecule has 1 atom stereocenters. The van der Waals surface area contributed by atoms with Gasteiger partial charge in [-0.3, -0.25) is 14.2 Å². The fraction of sp³-hybridized carbons (Fsp3) is 0.483. The van der Waals surface area contributed by atoms with E-state index in [2.05, 4.69) is 6.92 Å². The summed E-state index contributed by atoms with van der Waals surface area (Å²) < 4.78 is 6.99. The van der Waals surface area contributed by atoms with Crippen molar-refractivity contribution in [2.75, 3.05) is 20.3 Å². The number of methoxy groups -OCH3 is 1. The van der Waals surface area contributed by atoms with E-state index in [1.165, 1.54) is 25.7 Å². The maximum Gasteiger partial charge on any atom is 0.266 e. The second-order valence-electron chi connectivity index (χ2n) is 9.51. The van der Waals surface area contributed by atoms with E-state index in [4.69, 9.17) is 9.72 Å². The van der Waals surface area contributed by atoms with Gasteiger partial charge in [-0.25, -0.2) is 4.98 Å². The normalized spacial score (nSPS) is 14.9. The Hall–Kier alpha value is -2.99. The highest BCUT2D eigenvalue weighted by molar-refractivity contribution is 5.79. The summed E-state index contributed by atoms with van der Waals surface area (Å²) >= 11 is 0. The third kappa shape index (κ3) is 5.81. The van der Waals surface area contributed by atoms with Crippen molar-refractivity contribution in [1.29, 1.82) is 0 Å². The SMILES string of the molecule is CCC(c1nc2ccccc2c(=O)n1-c1ccccc1)N(CCCOC)C(=O)CCC1CCCC1. The lowest BCUT2D eigenvalue weighted by molar-refractivity contribution is -0.134. The molecule has 1 heterocycles. The standard InChI is InChI=1S/C29H37N3O3/c1-3-26(31(20-11-21-35-2)27(33)19-18-22-12-7-8-13-22)28-30-25-17-10-9-16-24(25)29(34)32(28)23-14-5-4-6-15-23/h4-6,9-10,14-17,22,26H,3,7-8,11-13,18-21H2,1-2H3. The molecule has 4 rings (SSSR count). The maximum atomic E-state index is 13.7. The average Bonchev–Trinajstić information content (AvgIpc) is 3.41. The summed E-state index contributed by atoms with van der Waals surface area (Å²) in [6.45, 7) is 3.22. The largest absolute Gasteiger partial charge is 0.385 e. The minimum atomic E-state index is -0.305. The molecule has 6 heteroatoms. The molecule has 1 aliphatic carbocycles. The van der Waals surface area contributed by atoms with Crippen molar-refractivity contribution in [2.45, 2.75) is 64.3 Å². The molecule has 0 aliphatic heterocycles. The summed E-state index contributed by atoms with van der Waals surface area (Å²) in [6, 6.07) is 16.8. The quantitative estimate of drug-likeness (QED) is 0.335. The highest BCUT2D eigenvalue weighted by Crippen LogP contribution is 2.31. The van der Waals surface area contributed by atoms with Crippen molar-refractivity contribution >= 4 is 16.8 Å². The molecule has 1 aromatic heterocycles. The Balaban J connectivity index is 1.76. The zero-order valence-electron chi connectivity index (χ0n) is 21.0. The molecule has 0 saturated heterocycles. The molecule has 0 spiro atoms. The Bertz CT molecular complexity index is 1170. The van der Waals surface area contributed by atoms with Crippen molar-refractivity contribution in [3.63, 3.8) is 0 Å². The molecule has 1 amide bonds. The van der Waals surface area contributed by atoms with Crippen LogP contribution < -0.4 is 5.56 Å². The minimum Gasteiger partial charge on any atom is -0.385 e. The maximum absolute atomic E-state index is 13.7. The summed E-state index contributed by atoms with van der Waals surface area (Å²) in [4.78, 5) is 34.3.